The summed E-state index contributed by atoms with van der Waals surface area (Å²) in [5, 5.41) is 0. The zero-order chi connectivity index (χ0) is 11.5. The van der Waals surface area contributed by atoms with Crippen molar-refractivity contribution in [1.82, 2.24) is 9.97 Å². The molecule has 1 aromatic rings. The Balaban J connectivity index is 2.13. The third-order valence-corrected chi connectivity index (χ3v) is 3.27. The summed E-state index contributed by atoms with van der Waals surface area (Å²) in [6, 6.07) is 0. The van der Waals surface area contributed by atoms with Gasteiger partial charge in [0.1, 0.15) is 5.82 Å². The van der Waals surface area contributed by atoms with E-state index in [-0.39, 0.29) is 0 Å². The average Bonchev–Trinajstić information content (AvgIpc) is 3.00. The van der Waals surface area contributed by atoms with Crippen LogP contribution in [0.15, 0.2) is 0 Å². The first-order chi connectivity index (χ1) is 7.70. The quantitative estimate of drug-likeness (QED) is 0.823. The molecule has 0 bridgehead atoms. The number of hydrogen-bond acceptors (Lipinski definition) is 3. The molecule has 2 N–H and O–H groups in total. The van der Waals surface area contributed by atoms with Gasteiger partial charge in [0.2, 0.25) is 0 Å². The fourth-order valence-electron chi connectivity index (χ4n) is 2.12. The first-order valence-electron chi connectivity index (χ1n) is 6.23. The molecular formula is C13H21N3. The molecule has 0 unspecified atom stereocenters. The molecule has 1 fully saturated rings. The second-order valence-electron chi connectivity index (χ2n) is 4.83. The molecule has 0 spiro atoms. The number of rotatable bonds is 5. The molecule has 0 amide bonds. The minimum atomic E-state index is 0.739. The van der Waals surface area contributed by atoms with Crippen LogP contribution in [0.25, 0.3) is 0 Å². The summed E-state index contributed by atoms with van der Waals surface area (Å²) in [5.41, 5.74) is 9.14. The Labute approximate surface area is 97.5 Å². The fraction of sp³-hybridized carbons (Fsp3) is 0.692. The van der Waals surface area contributed by atoms with Crippen molar-refractivity contribution >= 4 is 0 Å². The van der Waals surface area contributed by atoms with Crippen LogP contribution in [0.2, 0.25) is 0 Å². The van der Waals surface area contributed by atoms with Gasteiger partial charge >= 0.3 is 0 Å². The van der Waals surface area contributed by atoms with Crippen LogP contribution in [0.3, 0.4) is 0 Å². The van der Waals surface area contributed by atoms with Crippen LogP contribution >= 0.6 is 0 Å². The zero-order valence-electron chi connectivity index (χ0n) is 10.3. The molecule has 1 saturated carbocycles. The van der Waals surface area contributed by atoms with Gasteiger partial charge in [-0.25, -0.2) is 9.97 Å². The van der Waals surface area contributed by atoms with Crippen molar-refractivity contribution in [3.05, 3.63) is 22.8 Å². The minimum Gasteiger partial charge on any atom is -0.330 e. The van der Waals surface area contributed by atoms with Gasteiger partial charge in [0.05, 0.1) is 0 Å². The molecule has 16 heavy (non-hydrogen) atoms. The molecule has 0 aromatic carbocycles. The Hall–Kier alpha value is -0.960. The van der Waals surface area contributed by atoms with Crippen LogP contribution in [0.1, 0.15) is 42.0 Å². The van der Waals surface area contributed by atoms with Gasteiger partial charge in [-0.2, -0.15) is 0 Å². The number of aromatic nitrogens is 2. The topological polar surface area (TPSA) is 51.8 Å². The number of nitrogens with zero attached hydrogens (tertiary/aromatic N) is 2. The number of hydrogen-bond donors (Lipinski definition) is 1. The molecule has 0 radical (unpaired) electrons. The van der Waals surface area contributed by atoms with Crippen molar-refractivity contribution < 1.29 is 0 Å². The van der Waals surface area contributed by atoms with E-state index in [9.17, 15) is 0 Å². The smallest absolute Gasteiger partial charge is 0.129 e. The molecule has 1 heterocycles. The summed E-state index contributed by atoms with van der Waals surface area (Å²) in [5.74, 6) is 1.89. The average molecular weight is 219 g/mol. The number of aryl methyl sites for hydroxylation is 2. The Bertz CT molecular complexity index is 346. The molecule has 3 nitrogen and oxygen atoms in total. The van der Waals surface area contributed by atoms with Crippen LogP contribution in [0.5, 0.6) is 0 Å². The van der Waals surface area contributed by atoms with Crippen LogP contribution in [0.4, 0.5) is 0 Å². The first-order valence-corrected chi connectivity index (χ1v) is 6.23. The van der Waals surface area contributed by atoms with Crippen LogP contribution in [0, 0.1) is 19.8 Å². The summed E-state index contributed by atoms with van der Waals surface area (Å²) in [6.07, 6.45) is 5.82. The summed E-state index contributed by atoms with van der Waals surface area (Å²) >= 11 is 0. The van der Waals surface area contributed by atoms with E-state index in [0.717, 1.165) is 48.9 Å². The van der Waals surface area contributed by atoms with Gasteiger partial charge < -0.3 is 5.73 Å². The van der Waals surface area contributed by atoms with Crippen molar-refractivity contribution in [3.63, 3.8) is 0 Å². The zero-order valence-corrected chi connectivity index (χ0v) is 10.3. The van der Waals surface area contributed by atoms with Gasteiger partial charge in [0.25, 0.3) is 0 Å². The van der Waals surface area contributed by atoms with Gasteiger partial charge in [-0.3, -0.25) is 0 Å². The van der Waals surface area contributed by atoms with E-state index in [1.54, 1.807) is 0 Å². The Kier molecular flexibility index (Phi) is 3.54. The van der Waals surface area contributed by atoms with E-state index in [1.165, 1.54) is 18.4 Å². The van der Waals surface area contributed by atoms with Gasteiger partial charge in [-0.1, -0.05) is 0 Å². The van der Waals surface area contributed by atoms with E-state index in [1.807, 2.05) is 0 Å². The van der Waals surface area contributed by atoms with Gasteiger partial charge in [0.15, 0.2) is 0 Å². The molecular weight excluding hydrogens is 198 g/mol. The molecule has 1 aliphatic rings. The molecule has 3 heteroatoms. The SMILES string of the molecule is Cc1nc(CC2CC2)nc(C)c1CCCN. The normalized spacial score (nSPS) is 15.4. The molecule has 88 valence electrons. The molecule has 1 aromatic heterocycles. The molecule has 2 rings (SSSR count). The second kappa shape index (κ2) is 4.91. The van der Waals surface area contributed by atoms with Gasteiger partial charge in [-0.15, -0.1) is 0 Å². The Morgan fingerprint density at radius 2 is 1.81 bits per heavy atom. The second-order valence-corrected chi connectivity index (χ2v) is 4.83. The molecule has 0 atom stereocenters. The molecule has 1 aliphatic carbocycles. The highest BCUT2D eigenvalue weighted by Crippen LogP contribution is 2.31. The number of nitrogens with two attached hydrogens (primary N) is 1. The van der Waals surface area contributed by atoms with Crippen LogP contribution < -0.4 is 5.73 Å². The third kappa shape index (κ3) is 2.79. The van der Waals surface area contributed by atoms with Crippen LogP contribution in [-0.4, -0.2) is 16.5 Å². The van der Waals surface area contributed by atoms with Crippen molar-refractivity contribution in [3.8, 4) is 0 Å². The maximum absolute atomic E-state index is 5.54. The van der Waals surface area contributed by atoms with Gasteiger partial charge in [0, 0.05) is 17.8 Å². The highest BCUT2D eigenvalue weighted by Gasteiger charge is 2.23. The Morgan fingerprint density at radius 1 is 1.19 bits per heavy atom. The Morgan fingerprint density at radius 3 is 2.31 bits per heavy atom. The fourth-order valence-corrected chi connectivity index (χ4v) is 2.12. The predicted molar refractivity (Wildman–Crippen MR) is 65.3 cm³/mol. The largest absolute Gasteiger partial charge is 0.330 e. The lowest BCUT2D eigenvalue weighted by atomic mass is 10.1. The third-order valence-electron chi connectivity index (χ3n) is 3.27. The van der Waals surface area contributed by atoms with Crippen LogP contribution in [-0.2, 0) is 12.8 Å². The highest BCUT2D eigenvalue weighted by atomic mass is 14.9. The maximum Gasteiger partial charge on any atom is 0.129 e. The van der Waals surface area contributed by atoms with Gasteiger partial charge in [-0.05, 0) is 57.6 Å². The minimum absolute atomic E-state index is 0.739. The van der Waals surface area contributed by atoms with E-state index in [4.69, 9.17) is 5.73 Å². The first kappa shape index (κ1) is 11.5. The van der Waals surface area contributed by atoms with E-state index in [0.29, 0.717) is 0 Å². The highest BCUT2D eigenvalue weighted by molar-refractivity contribution is 5.24. The van der Waals surface area contributed by atoms with E-state index < -0.39 is 0 Å². The van der Waals surface area contributed by atoms with E-state index >= 15 is 0 Å². The van der Waals surface area contributed by atoms with Crippen molar-refractivity contribution in [2.75, 3.05) is 6.54 Å². The summed E-state index contributed by atoms with van der Waals surface area (Å²) in [7, 11) is 0. The summed E-state index contributed by atoms with van der Waals surface area (Å²) < 4.78 is 0. The van der Waals surface area contributed by atoms with E-state index in [2.05, 4.69) is 23.8 Å². The standard InChI is InChI=1S/C13H21N3/c1-9-12(4-3-7-14)10(2)16-13(15-9)8-11-5-6-11/h11H,3-8,14H2,1-2H3. The predicted octanol–water partition coefficient (Wildman–Crippen LogP) is 1.94. The lowest BCUT2D eigenvalue weighted by Crippen LogP contribution is -2.08. The van der Waals surface area contributed by atoms with Crippen molar-refractivity contribution in [2.24, 2.45) is 11.7 Å². The molecule has 0 saturated heterocycles. The van der Waals surface area contributed by atoms with Crippen molar-refractivity contribution in [2.45, 2.75) is 46.0 Å². The molecule has 0 aliphatic heterocycles. The maximum atomic E-state index is 5.54. The lowest BCUT2D eigenvalue weighted by Gasteiger charge is -2.10. The monoisotopic (exact) mass is 219 g/mol. The summed E-state index contributed by atoms with van der Waals surface area (Å²) in [6.45, 7) is 4.93. The van der Waals surface area contributed by atoms with Crippen molar-refractivity contribution in [1.29, 1.82) is 0 Å². The lowest BCUT2D eigenvalue weighted by molar-refractivity contribution is 0.737. The summed E-state index contributed by atoms with van der Waals surface area (Å²) in [4.78, 5) is 9.23.